The minimum Gasteiger partial charge on any atom is -0.466 e. The number of furan rings is 1. The first kappa shape index (κ1) is 16.9. The number of carbonyl (C=O) groups is 1. The maximum atomic E-state index is 13.5. The first-order valence-corrected chi connectivity index (χ1v) is 8.03. The highest BCUT2D eigenvalue weighted by atomic mass is 19.1. The second kappa shape index (κ2) is 6.88. The number of halogens is 1. The summed E-state index contributed by atoms with van der Waals surface area (Å²) in [6.07, 6.45) is 0.504. The average molecular weight is 343 g/mol. The zero-order chi connectivity index (χ0) is 18.0. The molecule has 1 amide bonds. The molecule has 6 nitrogen and oxygen atoms in total. The minimum absolute atomic E-state index is 0.142. The molecule has 0 spiro atoms. The van der Waals surface area contributed by atoms with Crippen molar-refractivity contribution >= 4 is 16.8 Å². The number of rotatable bonds is 5. The van der Waals surface area contributed by atoms with Gasteiger partial charge in [0.2, 0.25) is 5.43 Å². The van der Waals surface area contributed by atoms with E-state index in [1.54, 1.807) is 0 Å². The first-order chi connectivity index (χ1) is 12.0. The molecule has 7 heteroatoms. The van der Waals surface area contributed by atoms with E-state index in [0.29, 0.717) is 25.0 Å². The largest absolute Gasteiger partial charge is 0.466 e. The van der Waals surface area contributed by atoms with E-state index in [0.717, 1.165) is 17.6 Å². The zero-order valence-corrected chi connectivity index (χ0v) is 14.0. The molecule has 3 aromatic rings. The molecular weight excluding hydrogens is 325 g/mol. The van der Waals surface area contributed by atoms with Gasteiger partial charge in [0.25, 0.3) is 5.91 Å². The fraction of sp³-hybridized carbons (Fsp3) is 0.278. The summed E-state index contributed by atoms with van der Waals surface area (Å²) >= 11 is 0. The Kier molecular flexibility index (Phi) is 4.65. The zero-order valence-electron chi connectivity index (χ0n) is 14.0. The van der Waals surface area contributed by atoms with E-state index < -0.39 is 17.2 Å². The van der Waals surface area contributed by atoms with Crippen LogP contribution >= 0.6 is 0 Å². The molecule has 2 aromatic heterocycles. The third kappa shape index (κ3) is 3.45. The van der Waals surface area contributed by atoms with Crippen molar-refractivity contribution in [1.82, 2.24) is 15.1 Å². The van der Waals surface area contributed by atoms with Crippen LogP contribution < -0.4 is 10.7 Å². The Hall–Kier alpha value is -2.96. The summed E-state index contributed by atoms with van der Waals surface area (Å²) in [6, 6.07) is 7.57. The van der Waals surface area contributed by atoms with Crippen molar-refractivity contribution in [1.29, 1.82) is 0 Å². The third-order valence-corrected chi connectivity index (χ3v) is 3.88. The lowest BCUT2D eigenvalue weighted by Crippen LogP contribution is -2.33. The van der Waals surface area contributed by atoms with Crippen molar-refractivity contribution in [3.63, 3.8) is 0 Å². The molecule has 3 rings (SSSR count). The third-order valence-electron chi connectivity index (χ3n) is 3.88. The molecule has 0 aliphatic carbocycles. The van der Waals surface area contributed by atoms with Gasteiger partial charge in [0.15, 0.2) is 5.69 Å². The Bertz CT molecular complexity index is 991. The van der Waals surface area contributed by atoms with Gasteiger partial charge in [0, 0.05) is 19.5 Å². The number of aryl methyl sites for hydroxylation is 2. The predicted octanol–water partition coefficient (Wildman–Crippen LogP) is 2.43. The van der Waals surface area contributed by atoms with Crippen LogP contribution in [0.5, 0.6) is 0 Å². The van der Waals surface area contributed by atoms with Crippen LogP contribution in [-0.4, -0.2) is 22.2 Å². The molecule has 0 fully saturated rings. The molecule has 0 bridgehead atoms. The van der Waals surface area contributed by atoms with E-state index in [1.165, 1.54) is 16.8 Å². The van der Waals surface area contributed by atoms with E-state index in [1.807, 2.05) is 26.0 Å². The molecule has 1 N–H and O–H groups in total. The molecule has 0 saturated heterocycles. The number of hydrogen-bond donors (Lipinski definition) is 1. The van der Waals surface area contributed by atoms with Crippen molar-refractivity contribution < 1.29 is 13.6 Å². The monoisotopic (exact) mass is 343 g/mol. The lowest BCUT2D eigenvalue weighted by atomic mass is 10.2. The lowest BCUT2D eigenvalue weighted by molar-refractivity contribution is 0.0945. The van der Waals surface area contributed by atoms with Crippen molar-refractivity contribution in [2.75, 3.05) is 6.54 Å². The SMILES string of the molecule is CCn1nc(C(=O)NCCc2ccc(C)o2)c(=O)c2cc(F)ccc21. The molecule has 0 aliphatic heterocycles. The Morgan fingerprint density at radius 3 is 2.80 bits per heavy atom. The van der Waals surface area contributed by atoms with Gasteiger partial charge in [-0.3, -0.25) is 14.3 Å². The van der Waals surface area contributed by atoms with Crippen LogP contribution in [0.1, 0.15) is 28.9 Å². The predicted molar refractivity (Wildman–Crippen MR) is 91.1 cm³/mol. The van der Waals surface area contributed by atoms with E-state index in [2.05, 4.69) is 10.4 Å². The Morgan fingerprint density at radius 1 is 1.32 bits per heavy atom. The van der Waals surface area contributed by atoms with Crippen molar-refractivity contribution in [3.05, 3.63) is 63.6 Å². The molecular formula is C18H18FN3O3. The minimum atomic E-state index is -0.582. The molecule has 0 unspecified atom stereocenters. The van der Waals surface area contributed by atoms with E-state index in [9.17, 15) is 14.0 Å². The maximum Gasteiger partial charge on any atom is 0.275 e. The fourth-order valence-corrected chi connectivity index (χ4v) is 2.65. The standard InChI is InChI=1S/C18H18FN3O3/c1-3-22-15-7-5-12(19)10-14(15)17(23)16(21-22)18(24)20-9-8-13-6-4-11(2)25-13/h4-7,10H,3,8-9H2,1-2H3,(H,20,24). The maximum absolute atomic E-state index is 13.5. The van der Waals surface area contributed by atoms with Crippen molar-refractivity contribution in [3.8, 4) is 0 Å². The Morgan fingerprint density at radius 2 is 2.12 bits per heavy atom. The van der Waals surface area contributed by atoms with Crippen molar-refractivity contribution in [2.24, 2.45) is 0 Å². The molecule has 130 valence electrons. The number of fused-ring (bicyclic) bond motifs is 1. The van der Waals surface area contributed by atoms with E-state index in [-0.39, 0.29) is 11.1 Å². The first-order valence-electron chi connectivity index (χ1n) is 8.03. The lowest BCUT2D eigenvalue weighted by Gasteiger charge is -2.10. The molecule has 0 saturated carbocycles. The highest BCUT2D eigenvalue weighted by Gasteiger charge is 2.17. The summed E-state index contributed by atoms with van der Waals surface area (Å²) in [4.78, 5) is 24.9. The molecule has 25 heavy (non-hydrogen) atoms. The van der Waals surface area contributed by atoms with Gasteiger partial charge in [-0.05, 0) is 44.2 Å². The second-order valence-corrected chi connectivity index (χ2v) is 5.67. The molecule has 0 atom stereocenters. The fourth-order valence-electron chi connectivity index (χ4n) is 2.65. The number of nitrogens with zero attached hydrogens (tertiary/aromatic N) is 2. The van der Waals surface area contributed by atoms with Gasteiger partial charge >= 0.3 is 0 Å². The Labute approximate surface area is 143 Å². The van der Waals surface area contributed by atoms with Gasteiger partial charge < -0.3 is 9.73 Å². The van der Waals surface area contributed by atoms with Gasteiger partial charge in [-0.25, -0.2) is 4.39 Å². The van der Waals surface area contributed by atoms with Crippen LogP contribution in [0.25, 0.3) is 10.9 Å². The van der Waals surface area contributed by atoms with Crippen LogP contribution in [0.2, 0.25) is 0 Å². The summed E-state index contributed by atoms with van der Waals surface area (Å²) in [6.45, 7) is 4.43. The van der Waals surface area contributed by atoms with Crippen LogP contribution in [0.3, 0.4) is 0 Å². The highest BCUT2D eigenvalue weighted by Crippen LogP contribution is 2.12. The van der Waals surface area contributed by atoms with Crippen LogP contribution in [-0.2, 0) is 13.0 Å². The van der Waals surface area contributed by atoms with Gasteiger partial charge in [0.1, 0.15) is 17.3 Å². The summed E-state index contributed by atoms with van der Waals surface area (Å²) < 4.78 is 20.4. The van der Waals surface area contributed by atoms with Crippen LogP contribution in [0.15, 0.2) is 39.5 Å². The molecule has 2 heterocycles. The van der Waals surface area contributed by atoms with E-state index >= 15 is 0 Å². The van der Waals surface area contributed by atoms with Gasteiger partial charge in [-0.15, -0.1) is 0 Å². The number of benzene rings is 1. The molecule has 1 aromatic carbocycles. The van der Waals surface area contributed by atoms with Crippen LogP contribution in [0, 0.1) is 12.7 Å². The Balaban J connectivity index is 1.85. The van der Waals surface area contributed by atoms with E-state index in [4.69, 9.17) is 4.42 Å². The molecule has 0 radical (unpaired) electrons. The van der Waals surface area contributed by atoms with Gasteiger partial charge in [0.05, 0.1) is 10.9 Å². The highest BCUT2D eigenvalue weighted by molar-refractivity contribution is 5.95. The topological polar surface area (TPSA) is 77.1 Å². The summed E-state index contributed by atoms with van der Waals surface area (Å²) in [5.41, 5.74) is -0.322. The van der Waals surface area contributed by atoms with Gasteiger partial charge in [-0.2, -0.15) is 5.10 Å². The number of amides is 1. The van der Waals surface area contributed by atoms with Gasteiger partial charge in [-0.1, -0.05) is 0 Å². The second-order valence-electron chi connectivity index (χ2n) is 5.67. The number of carbonyl (C=O) groups excluding carboxylic acids is 1. The summed E-state index contributed by atoms with van der Waals surface area (Å²) in [5, 5.41) is 6.93. The van der Waals surface area contributed by atoms with Crippen molar-refractivity contribution in [2.45, 2.75) is 26.8 Å². The normalized spacial score (nSPS) is 11.0. The average Bonchev–Trinajstić information content (AvgIpc) is 3.00. The quantitative estimate of drug-likeness (QED) is 0.772. The number of hydrogen-bond acceptors (Lipinski definition) is 4. The number of aromatic nitrogens is 2. The summed E-state index contributed by atoms with van der Waals surface area (Å²) in [7, 11) is 0. The smallest absolute Gasteiger partial charge is 0.275 e. The van der Waals surface area contributed by atoms with Crippen LogP contribution in [0.4, 0.5) is 4.39 Å². The molecule has 0 aliphatic rings. The number of nitrogens with one attached hydrogen (secondary N) is 1. The summed E-state index contributed by atoms with van der Waals surface area (Å²) in [5.74, 6) is 0.433.